The molecule has 4 nitrogen and oxygen atoms in total. The molecule has 1 N–H and O–H groups in total. The summed E-state index contributed by atoms with van der Waals surface area (Å²) in [6, 6.07) is 1.04. The van der Waals surface area contributed by atoms with Crippen molar-refractivity contribution in [2.75, 3.05) is 0 Å². The first-order chi connectivity index (χ1) is 6.68. The van der Waals surface area contributed by atoms with Crippen molar-refractivity contribution < 1.29 is 0 Å². The number of hydrogen-bond donors (Lipinski definition) is 1. The van der Waals surface area contributed by atoms with Crippen LogP contribution in [0.4, 0.5) is 0 Å². The summed E-state index contributed by atoms with van der Waals surface area (Å²) in [5.41, 5.74) is 2.26. The molecule has 0 radical (unpaired) electrons. The third-order valence-electron chi connectivity index (χ3n) is 3.49. The lowest BCUT2D eigenvalue weighted by Crippen LogP contribution is -2.25. The predicted molar refractivity (Wildman–Crippen MR) is 53.0 cm³/mol. The second-order valence-electron chi connectivity index (χ2n) is 4.44. The van der Waals surface area contributed by atoms with E-state index >= 15 is 0 Å². The zero-order valence-corrected chi connectivity index (χ0v) is 8.58. The molecule has 1 aromatic rings. The second-order valence-corrected chi connectivity index (χ2v) is 4.44. The molecule has 0 bridgehead atoms. The van der Waals surface area contributed by atoms with Crippen molar-refractivity contribution >= 4 is 0 Å². The summed E-state index contributed by atoms with van der Waals surface area (Å²) in [6.45, 7) is 3.08. The molecule has 76 valence electrons. The highest BCUT2D eigenvalue weighted by molar-refractivity contribution is 5.27. The Morgan fingerprint density at radius 1 is 1.43 bits per heavy atom. The molecule has 4 heteroatoms. The summed E-state index contributed by atoms with van der Waals surface area (Å²) in [6.07, 6.45) is 2.60. The van der Waals surface area contributed by atoms with Gasteiger partial charge in [0.2, 0.25) is 0 Å². The number of aromatic nitrogens is 2. The van der Waals surface area contributed by atoms with Gasteiger partial charge in [0.05, 0.1) is 11.3 Å². The van der Waals surface area contributed by atoms with E-state index in [9.17, 15) is 4.79 Å². The number of nitrogens with zero attached hydrogens (tertiary/aromatic N) is 2. The van der Waals surface area contributed by atoms with Gasteiger partial charge in [-0.1, -0.05) is 0 Å². The van der Waals surface area contributed by atoms with E-state index in [0.717, 1.165) is 18.2 Å². The predicted octanol–water partition coefficient (Wildman–Crippen LogP) is 0.752. The normalized spacial score (nSPS) is 26.9. The van der Waals surface area contributed by atoms with Crippen LogP contribution in [0.3, 0.4) is 0 Å². The van der Waals surface area contributed by atoms with Crippen molar-refractivity contribution in [1.82, 2.24) is 14.7 Å². The first-order valence-corrected chi connectivity index (χ1v) is 5.22. The van der Waals surface area contributed by atoms with Crippen LogP contribution in [0.15, 0.2) is 4.79 Å². The zero-order valence-electron chi connectivity index (χ0n) is 8.58. The van der Waals surface area contributed by atoms with Gasteiger partial charge in [-0.15, -0.1) is 0 Å². The van der Waals surface area contributed by atoms with E-state index in [1.165, 1.54) is 18.5 Å². The molecule has 1 fully saturated rings. The van der Waals surface area contributed by atoms with Gasteiger partial charge in [-0.2, -0.15) is 0 Å². The van der Waals surface area contributed by atoms with E-state index in [1.54, 1.807) is 0 Å². The average molecular weight is 193 g/mol. The second kappa shape index (κ2) is 2.51. The fourth-order valence-corrected chi connectivity index (χ4v) is 2.54. The van der Waals surface area contributed by atoms with Gasteiger partial charge in [0.1, 0.15) is 0 Å². The van der Waals surface area contributed by atoms with Crippen molar-refractivity contribution in [3.05, 3.63) is 21.6 Å². The minimum Gasteiger partial charge on any atom is -0.291 e. The van der Waals surface area contributed by atoms with Crippen molar-refractivity contribution in [2.24, 2.45) is 7.05 Å². The average Bonchev–Trinajstić information content (AvgIpc) is 2.84. The Labute approximate surface area is 82.5 Å². The van der Waals surface area contributed by atoms with Crippen LogP contribution in [0.25, 0.3) is 0 Å². The quantitative estimate of drug-likeness (QED) is 0.715. The van der Waals surface area contributed by atoms with Crippen LogP contribution in [0, 0.1) is 0 Å². The Morgan fingerprint density at radius 3 is 2.71 bits per heavy atom. The molecule has 0 spiro atoms. The van der Waals surface area contributed by atoms with Crippen LogP contribution < -0.4 is 5.56 Å². The monoisotopic (exact) mass is 193 g/mol. The van der Waals surface area contributed by atoms with Gasteiger partial charge >= 0.3 is 0 Å². The Morgan fingerprint density at radius 2 is 2.14 bits per heavy atom. The zero-order chi connectivity index (χ0) is 9.87. The van der Waals surface area contributed by atoms with Gasteiger partial charge < -0.3 is 0 Å². The fourth-order valence-electron chi connectivity index (χ4n) is 2.54. The Hall–Kier alpha value is -1.03. The highest BCUT2D eigenvalue weighted by Gasteiger charge is 2.40. The summed E-state index contributed by atoms with van der Waals surface area (Å²) in [5, 5.41) is 2.82. The summed E-state index contributed by atoms with van der Waals surface area (Å²) < 4.78 is 1.87. The first kappa shape index (κ1) is 8.29. The minimum atomic E-state index is 0.0955. The molecule has 1 aromatic heterocycles. The van der Waals surface area contributed by atoms with Gasteiger partial charge in [0, 0.05) is 25.7 Å². The molecule has 0 saturated heterocycles. The van der Waals surface area contributed by atoms with Crippen LogP contribution in [-0.2, 0) is 13.6 Å². The molecule has 2 heterocycles. The van der Waals surface area contributed by atoms with Gasteiger partial charge in [-0.05, 0) is 19.8 Å². The maximum atomic E-state index is 11.6. The van der Waals surface area contributed by atoms with E-state index < -0.39 is 0 Å². The molecule has 1 atom stereocenters. The van der Waals surface area contributed by atoms with Gasteiger partial charge in [0.25, 0.3) is 5.56 Å². The van der Waals surface area contributed by atoms with Crippen LogP contribution in [0.1, 0.15) is 37.1 Å². The summed E-state index contributed by atoms with van der Waals surface area (Å²) in [4.78, 5) is 14.1. The van der Waals surface area contributed by atoms with Crippen molar-refractivity contribution in [1.29, 1.82) is 0 Å². The minimum absolute atomic E-state index is 0.0955. The molecular formula is C10H15N3O. The standard InChI is InChI=1S/C10H15N3O/c1-6-9-8(12(2)11-10(9)14)5-13(6)7-3-4-7/h6-7H,3-5H2,1-2H3,(H,11,14). The van der Waals surface area contributed by atoms with E-state index in [0.29, 0.717) is 6.04 Å². The fraction of sp³-hybridized carbons (Fsp3) is 0.700. The van der Waals surface area contributed by atoms with Crippen LogP contribution in [-0.4, -0.2) is 20.7 Å². The first-order valence-electron chi connectivity index (χ1n) is 5.22. The smallest absolute Gasteiger partial charge is 0.269 e. The molecule has 14 heavy (non-hydrogen) atoms. The SMILES string of the molecule is CC1c2c(n(C)[nH]c2=O)CN1C1CC1. The van der Waals surface area contributed by atoms with Gasteiger partial charge in [0.15, 0.2) is 0 Å². The summed E-state index contributed by atoms with van der Waals surface area (Å²) in [5.74, 6) is 0. The number of rotatable bonds is 1. The topological polar surface area (TPSA) is 41.0 Å². The van der Waals surface area contributed by atoms with E-state index in [2.05, 4.69) is 16.9 Å². The summed E-state index contributed by atoms with van der Waals surface area (Å²) in [7, 11) is 1.92. The number of aromatic amines is 1. The molecule has 1 aliphatic heterocycles. The number of aryl methyl sites for hydroxylation is 1. The third-order valence-corrected chi connectivity index (χ3v) is 3.49. The molecule has 1 saturated carbocycles. The summed E-state index contributed by atoms with van der Waals surface area (Å²) >= 11 is 0. The molecule has 0 amide bonds. The molecule has 2 aliphatic rings. The van der Waals surface area contributed by atoms with Crippen molar-refractivity contribution in [3.8, 4) is 0 Å². The lowest BCUT2D eigenvalue weighted by molar-refractivity contribution is 0.213. The number of hydrogen-bond acceptors (Lipinski definition) is 2. The number of fused-ring (bicyclic) bond motifs is 1. The lowest BCUT2D eigenvalue weighted by atomic mass is 10.2. The van der Waals surface area contributed by atoms with Crippen molar-refractivity contribution in [3.63, 3.8) is 0 Å². The van der Waals surface area contributed by atoms with E-state index in [4.69, 9.17) is 0 Å². The number of nitrogens with one attached hydrogen (secondary N) is 1. The van der Waals surface area contributed by atoms with E-state index in [-0.39, 0.29) is 5.56 Å². The lowest BCUT2D eigenvalue weighted by Gasteiger charge is -2.20. The Kier molecular flexibility index (Phi) is 1.49. The Bertz CT molecular complexity index is 427. The molecule has 1 unspecified atom stereocenters. The largest absolute Gasteiger partial charge is 0.291 e. The molecular weight excluding hydrogens is 178 g/mol. The van der Waals surface area contributed by atoms with Gasteiger partial charge in [-0.25, -0.2) is 0 Å². The van der Waals surface area contributed by atoms with Crippen molar-refractivity contribution in [2.45, 2.75) is 38.4 Å². The molecule has 1 aliphatic carbocycles. The maximum absolute atomic E-state index is 11.6. The van der Waals surface area contributed by atoms with Crippen LogP contribution in [0.2, 0.25) is 0 Å². The third kappa shape index (κ3) is 0.945. The van der Waals surface area contributed by atoms with E-state index in [1.807, 2.05) is 11.7 Å². The maximum Gasteiger partial charge on any atom is 0.269 e. The number of H-pyrrole nitrogens is 1. The van der Waals surface area contributed by atoms with Gasteiger partial charge in [-0.3, -0.25) is 19.5 Å². The molecule has 3 rings (SSSR count). The molecule has 0 aromatic carbocycles. The highest BCUT2D eigenvalue weighted by Crippen LogP contribution is 2.39. The van der Waals surface area contributed by atoms with Crippen LogP contribution >= 0.6 is 0 Å². The van der Waals surface area contributed by atoms with Crippen LogP contribution in [0.5, 0.6) is 0 Å². The Balaban J connectivity index is 2.06. The highest BCUT2D eigenvalue weighted by atomic mass is 16.1.